The SMILES string of the molecule is O=C(OCCC1=CNC(O)C(C(F)(F)F)=C1)N1CCN(c2ncc(C3CC3)cn2)CC1. The van der Waals surface area contributed by atoms with Gasteiger partial charge in [-0.25, -0.2) is 14.8 Å². The van der Waals surface area contributed by atoms with Crippen LogP contribution in [0.15, 0.2) is 35.8 Å². The lowest BCUT2D eigenvalue weighted by Crippen LogP contribution is -2.49. The highest BCUT2D eigenvalue weighted by Gasteiger charge is 2.39. The van der Waals surface area contributed by atoms with Gasteiger partial charge in [0.15, 0.2) is 6.23 Å². The minimum Gasteiger partial charge on any atom is -0.449 e. The van der Waals surface area contributed by atoms with Gasteiger partial charge in [-0.15, -0.1) is 0 Å². The monoisotopic (exact) mass is 439 g/mol. The molecule has 11 heteroatoms. The summed E-state index contributed by atoms with van der Waals surface area (Å²) in [5, 5.41) is 11.7. The first-order valence-corrected chi connectivity index (χ1v) is 10.2. The Bertz CT molecular complexity index is 860. The molecule has 4 rings (SSSR count). The molecule has 0 radical (unpaired) electrons. The molecule has 1 amide bonds. The van der Waals surface area contributed by atoms with Crippen molar-refractivity contribution in [2.24, 2.45) is 0 Å². The van der Waals surface area contributed by atoms with Crippen molar-refractivity contribution in [2.75, 3.05) is 37.7 Å². The highest BCUT2D eigenvalue weighted by Crippen LogP contribution is 2.39. The largest absolute Gasteiger partial charge is 0.449 e. The number of amides is 1. The molecule has 3 heterocycles. The lowest BCUT2D eigenvalue weighted by Gasteiger charge is -2.34. The van der Waals surface area contributed by atoms with E-state index in [1.165, 1.54) is 24.6 Å². The predicted octanol–water partition coefficient (Wildman–Crippen LogP) is 2.30. The molecule has 2 aliphatic heterocycles. The zero-order valence-electron chi connectivity index (χ0n) is 16.8. The summed E-state index contributed by atoms with van der Waals surface area (Å²) in [6.45, 7) is 1.98. The van der Waals surface area contributed by atoms with Gasteiger partial charge in [0, 0.05) is 51.2 Å². The molecule has 1 atom stereocenters. The molecule has 8 nitrogen and oxygen atoms in total. The van der Waals surface area contributed by atoms with Crippen LogP contribution in [-0.2, 0) is 4.74 Å². The fourth-order valence-corrected chi connectivity index (χ4v) is 3.54. The predicted molar refractivity (Wildman–Crippen MR) is 105 cm³/mol. The third-order valence-electron chi connectivity index (χ3n) is 5.53. The van der Waals surface area contributed by atoms with E-state index < -0.39 is 24.1 Å². The molecule has 31 heavy (non-hydrogen) atoms. The average Bonchev–Trinajstić information content (AvgIpc) is 3.60. The number of aliphatic hydroxyl groups excluding tert-OH is 1. The maximum Gasteiger partial charge on any atom is 0.416 e. The number of ether oxygens (including phenoxy) is 1. The summed E-state index contributed by atoms with van der Waals surface area (Å²) in [6.07, 6.45) is 1.46. The number of halogens is 3. The van der Waals surface area contributed by atoms with Crippen molar-refractivity contribution in [3.8, 4) is 0 Å². The van der Waals surface area contributed by atoms with Gasteiger partial charge in [0.1, 0.15) is 0 Å². The van der Waals surface area contributed by atoms with E-state index in [9.17, 15) is 23.1 Å². The molecule has 0 aromatic carbocycles. The maximum atomic E-state index is 12.9. The summed E-state index contributed by atoms with van der Waals surface area (Å²) in [7, 11) is 0. The third kappa shape index (κ3) is 5.27. The molecule has 3 aliphatic rings. The van der Waals surface area contributed by atoms with Crippen molar-refractivity contribution < 1.29 is 27.8 Å². The number of anilines is 1. The van der Waals surface area contributed by atoms with Crippen molar-refractivity contribution in [1.29, 1.82) is 0 Å². The van der Waals surface area contributed by atoms with Crippen molar-refractivity contribution in [2.45, 2.75) is 37.6 Å². The first-order valence-electron chi connectivity index (χ1n) is 10.2. The van der Waals surface area contributed by atoms with E-state index in [2.05, 4.69) is 15.3 Å². The van der Waals surface area contributed by atoms with Crippen LogP contribution in [0.4, 0.5) is 23.9 Å². The molecular weight excluding hydrogens is 415 g/mol. The van der Waals surface area contributed by atoms with Gasteiger partial charge in [0.25, 0.3) is 0 Å². The maximum absolute atomic E-state index is 12.9. The van der Waals surface area contributed by atoms with Gasteiger partial charge in [0.2, 0.25) is 5.95 Å². The summed E-state index contributed by atoms with van der Waals surface area (Å²) >= 11 is 0. The molecule has 1 aromatic rings. The summed E-state index contributed by atoms with van der Waals surface area (Å²) in [4.78, 5) is 24.7. The van der Waals surface area contributed by atoms with Crippen LogP contribution in [0, 0.1) is 0 Å². The highest BCUT2D eigenvalue weighted by atomic mass is 19.4. The van der Waals surface area contributed by atoms with Gasteiger partial charge in [0.05, 0.1) is 12.2 Å². The number of hydrogen-bond donors (Lipinski definition) is 2. The van der Waals surface area contributed by atoms with E-state index in [0.717, 1.165) is 6.08 Å². The topological polar surface area (TPSA) is 90.8 Å². The average molecular weight is 439 g/mol. The Morgan fingerprint density at radius 3 is 2.48 bits per heavy atom. The summed E-state index contributed by atoms with van der Waals surface area (Å²) in [5.41, 5.74) is 0.392. The first kappa shape index (κ1) is 21.4. The Labute approximate surface area is 177 Å². The molecular formula is C20H24F3N5O3. The second kappa shape index (κ2) is 8.74. The highest BCUT2D eigenvalue weighted by molar-refractivity contribution is 5.68. The molecule has 1 aromatic heterocycles. The second-order valence-electron chi connectivity index (χ2n) is 7.82. The van der Waals surface area contributed by atoms with Crippen LogP contribution in [0.25, 0.3) is 0 Å². The number of alkyl halides is 3. The molecule has 0 bridgehead atoms. The van der Waals surface area contributed by atoms with Crippen molar-refractivity contribution >= 4 is 12.0 Å². The van der Waals surface area contributed by atoms with Crippen LogP contribution in [-0.4, -0.2) is 71.3 Å². The fraction of sp³-hybridized carbons (Fsp3) is 0.550. The number of carbonyl (C=O) groups excluding carboxylic acids is 1. The van der Waals surface area contributed by atoms with Crippen molar-refractivity contribution in [1.82, 2.24) is 20.2 Å². The van der Waals surface area contributed by atoms with E-state index in [1.54, 1.807) is 4.90 Å². The van der Waals surface area contributed by atoms with Gasteiger partial charge in [-0.05, 0) is 36.0 Å². The van der Waals surface area contributed by atoms with Crippen LogP contribution in [0.1, 0.15) is 30.7 Å². The van der Waals surface area contributed by atoms with E-state index >= 15 is 0 Å². The van der Waals surface area contributed by atoms with Crippen LogP contribution < -0.4 is 10.2 Å². The van der Waals surface area contributed by atoms with Gasteiger partial charge in [-0.3, -0.25) is 0 Å². The number of aromatic nitrogens is 2. The van der Waals surface area contributed by atoms with Crippen LogP contribution in [0.5, 0.6) is 0 Å². The minimum absolute atomic E-state index is 0.0595. The minimum atomic E-state index is -4.63. The Kier molecular flexibility index (Phi) is 6.03. The Hall–Kier alpha value is -2.82. The molecule has 1 aliphatic carbocycles. The Morgan fingerprint density at radius 2 is 1.87 bits per heavy atom. The van der Waals surface area contributed by atoms with Crippen LogP contribution in [0.3, 0.4) is 0 Å². The third-order valence-corrected chi connectivity index (χ3v) is 5.53. The summed E-state index contributed by atoms with van der Waals surface area (Å²) in [6, 6.07) is 0. The van der Waals surface area contributed by atoms with Gasteiger partial charge >= 0.3 is 12.3 Å². The van der Waals surface area contributed by atoms with Crippen LogP contribution >= 0.6 is 0 Å². The van der Waals surface area contributed by atoms with E-state index in [1.807, 2.05) is 17.3 Å². The summed E-state index contributed by atoms with van der Waals surface area (Å²) in [5.74, 6) is 1.24. The van der Waals surface area contributed by atoms with Gasteiger partial charge in [-0.2, -0.15) is 13.2 Å². The molecule has 1 saturated carbocycles. The number of carbonyl (C=O) groups is 1. The molecule has 168 valence electrons. The second-order valence-corrected chi connectivity index (χ2v) is 7.82. The number of nitrogens with zero attached hydrogens (tertiary/aromatic N) is 4. The number of aliphatic hydroxyl groups is 1. The number of allylic oxidation sites excluding steroid dienone is 1. The Balaban J connectivity index is 1.21. The Morgan fingerprint density at radius 1 is 1.19 bits per heavy atom. The summed E-state index contributed by atoms with van der Waals surface area (Å²) < 4.78 is 43.8. The molecule has 1 unspecified atom stereocenters. The normalized spacial score (nSPS) is 21.9. The lowest BCUT2D eigenvalue weighted by molar-refractivity contribution is -0.107. The van der Waals surface area contributed by atoms with E-state index in [4.69, 9.17) is 4.74 Å². The van der Waals surface area contributed by atoms with E-state index in [-0.39, 0.29) is 13.0 Å². The van der Waals surface area contributed by atoms with E-state index in [0.29, 0.717) is 43.6 Å². The van der Waals surface area contributed by atoms with Crippen LogP contribution in [0.2, 0.25) is 0 Å². The van der Waals surface area contributed by atoms with Crippen molar-refractivity contribution in [3.63, 3.8) is 0 Å². The first-order chi connectivity index (χ1) is 14.8. The number of rotatable bonds is 5. The molecule has 1 saturated heterocycles. The smallest absolute Gasteiger partial charge is 0.416 e. The number of piperazine rings is 1. The van der Waals surface area contributed by atoms with Gasteiger partial charge < -0.3 is 25.0 Å². The lowest BCUT2D eigenvalue weighted by atomic mass is 10.1. The molecule has 0 spiro atoms. The zero-order chi connectivity index (χ0) is 22.0. The fourth-order valence-electron chi connectivity index (χ4n) is 3.54. The quantitative estimate of drug-likeness (QED) is 0.728. The number of hydrogen-bond acceptors (Lipinski definition) is 7. The van der Waals surface area contributed by atoms with Gasteiger partial charge in [-0.1, -0.05) is 0 Å². The standard InChI is InChI=1S/C20H24F3N5O3/c21-20(22,23)16-9-13(10-24-17(16)29)3-8-31-19(30)28-6-4-27(5-7-28)18-25-11-15(12-26-18)14-1-2-14/h9-12,14,17,24,29H,1-8H2. The molecule has 2 fully saturated rings. The number of dihydropyridines is 1. The molecule has 2 N–H and O–H groups in total. The number of nitrogens with one attached hydrogen (secondary N) is 1. The van der Waals surface area contributed by atoms with Crippen molar-refractivity contribution in [3.05, 3.63) is 41.4 Å². The zero-order valence-corrected chi connectivity index (χ0v) is 16.8.